The zero-order valence-electron chi connectivity index (χ0n) is 9.13. The molecule has 94 valence electrons. The molecule has 0 aliphatic carbocycles. The van der Waals surface area contributed by atoms with E-state index in [-0.39, 0.29) is 11.3 Å². The van der Waals surface area contributed by atoms with E-state index in [2.05, 4.69) is 15.9 Å². The van der Waals surface area contributed by atoms with E-state index in [1.165, 1.54) is 17.4 Å². The van der Waals surface area contributed by atoms with E-state index < -0.39 is 12.0 Å². The van der Waals surface area contributed by atoms with Gasteiger partial charge in [-0.25, -0.2) is 4.79 Å². The Balaban J connectivity index is 2.56. The minimum absolute atomic E-state index is 0.153. The van der Waals surface area contributed by atoms with Gasteiger partial charge in [0.25, 0.3) is 0 Å². The Morgan fingerprint density at radius 2 is 2.11 bits per heavy atom. The summed E-state index contributed by atoms with van der Waals surface area (Å²) in [5.74, 6) is -1.47. The Morgan fingerprint density at radius 1 is 1.39 bits per heavy atom. The molecule has 1 heterocycles. The molecule has 4 N–H and O–H groups in total. The van der Waals surface area contributed by atoms with Crippen molar-refractivity contribution in [2.24, 2.45) is 5.73 Å². The number of thiophene rings is 1. The van der Waals surface area contributed by atoms with Crippen LogP contribution in [0.25, 0.3) is 0 Å². The van der Waals surface area contributed by atoms with E-state index in [1.807, 2.05) is 17.5 Å². The summed E-state index contributed by atoms with van der Waals surface area (Å²) in [6, 6.07) is 6.05. The van der Waals surface area contributed by atoms with Gasteiger partial charge < -0.3 is 15.9 Å². The van der Waals surface area contributed by atoms with Gasteiger partial charge in [0.1, 0.15) is 11.3 Å². The van der Waals surface area contributed by atoms with Gasteiger partial charge in [0.15, 0.2) is 0 Å². The van der Waals surface area contributed by atoms with Crippen molar-refractivity contribution in [3.8, 4) is 5.75 Å². The second-order valence-corrected chi connectivity index (χ2v) is 5.49. The van der Waals surface area contributed by atoms with Gasteiger partial charge in [0, 0.05) is 14.9 Å². The molecule has 0 aliphatic rings. The first-order chi connectivity index (χ1) is 8.52. The van der Waals surface area contributed by atoms with Crippen LogP contribution < -0.4 is 5.73 Å². The summed E-state index contributed by atoms with van der Waals surface area (Å²) in [5.41, 5.74) is 6.29. The van der Waals surface area contributed by atoms with Crippen LogP contribution in [0.2, 0.25) is 0 Å². The van der Waals surface area contributed by atoms with E-state index in [0.717, 1.165) is 4.88 Å². The molecular formula is C12H10BrNO3S. The first-order valence-corrected chi connectivity index (χ1v) is 6.73. The molecule has 0 aliphatic heterocycles. The number of benzene rings is 1. The molecule has 2 aromatic rings. The molecule has 0 saturated carbocycles. The van der Waals surface area contributed by atoms with Crippen molar-refractivity contribution in [2.75, 3.05) is 0 Å². The van der Waals surface area contributed by atoms with Crippen molar-refractivity contribution in [3.05, 3.63) is 50.1 Å². The Morgan fingerprint density at radius 3 is 2.67 bits per heavy atom. The quantitative estimate of drug-likeness (QED) is 0.809. The van der Waals surface area contributed by atoms with Crippen molar-refractivity contribution >= 4 is 33.2 Å². The van der Waals surface area contributed by atoms with Gasteiger partial charge in [-0.1, -0.05) is 22.0 Å². The molecule has 0 radical (unpaired) electrons. The Labute approximate surface area is 116 Å². The summed E-state index contributed by atoms with van der Waals surface area (Å²) in [6.07, 6.45) is 0. The number of rotatable bonds is 3. The number of carboxylic acids is 1. The molecule has 0 spiro atoms. The fourth-order valence-corrected chi connectivity index (χ4v) is 2.96. The standard InChI is InChI=1S/C12H10BrNO3S/c13-7-4-3-6(12(16)17)11(15)9(7)10(14)8-2-1-5-18-8/h1-5,10,15H,14H2,(H,16,17)/t10-/m1/s1. The summed E-state index contributed by atoms with van der Waals surface area (Å²) >= 11 is 4.74. The van der Waals surface area contributed by atoms with Gasteiger partial charge in [-0.3, -0.25) is 0 Å². The summed E-state index contributed by atoms with van der Waals surface area (Å²) in [6.45, 7) is 0. The number of hydrogen-bond acceptors (Lipinski definition) is 4. The largest absolute Gasteiger partial charge is 0.507 e. The third kappa shape index (κ3) is 2.27. The highest BCUT2D eigenvalue weighted by Gasteiger charge is 2.22. The van der Waals surface area contributed by atoms with Crippen LogP contribution in [0.4, 0.5) is 0 Å². The van der Waals surface area contributed by atoms with Crippen LogP contribution in [0.1, 0.15) is 26.8 Å². The molecule has 0 fully saturated rings. The third-order valence-corrected chi connectivity index (χ3v) is 4.20. The zero-order valence-corrected chi connectivity index (χ0v) is 11.5. The van der Waals surface area contributed by atoms with Crippen LogP contribution in [0.3, 0.4) is 0 Å². The van der Waals surface area contributed by atoms with Crippen LogP contribution >= 0.6 is 27.3 Å². The predicted molar refractivity (Wildman–Crippen MR) is 73.1 cm³/mol. The molecule has 0 bridgehead atoms. The second-order valence-electron chi connectivity index (χ2n) is 3.66. The van der Waals surface area contributed by atoms with Gasteiger partial charge in [-0.15, -0.1) is 11.3 Å². The number of aromatic carboxylic acids is 1. The van der Waals surface area contributed by atoms with Crippen molar-refractivity contribution in [3.63, 3.8) is 0 Å². The van der Waals surface area contributed by atoms with Crippen LogP contribution in [-0.4, -0.2) is 16.2 Å². The first kappa shape index (κ1) is 13.1. The van der Waals surface area contributed by atoms with Crippen molar-refractivity contribution in [1.29, 1.82) is 0 Å². The van der Waals surface area contributed by atoms with E-state index in [4.69, 9.17) is 10.8 Å². The van der Waals surface area contributed by atoms with Gasteiger partial charge in [0.2, 0.25) is 0 Å². The monoisotopic (exact) mass is 327 g/mol. The molecule has 1 aromatic heterocycles. The molecule has 0 saturated heterocycles. The second kappa shape index (κ2) is 5.09. The maximum atomic E-state index is 11.0. The van der Waals surface area contributed by atoms with Gasteiger partial charge >= 0.3 is 5.97 Å². The maximum Gasteiger partial charge on any atom is 0.339 e. The predicted octanol–water partition coefficient (Wildman–Crippen LogP) is 2.96. The summed E-state index contributed by atoms with van der Waals surface area (Å²) in [5, 5.41) is 20.9. The molecule has 2 rings (SSSR count). The number of nitrogens with two attached hydrogens (primary N) is 1. The lowest BCUT2D eigenvalue weighted by Gasteiger charge is -2.15. The van der Waals surface area contributed by atoms with Crippen LogP contribution in [0.15, 0.2) is 34.1 Å². The molecule has 6 heteroatoms. The molecule has 4 nitrogen and oxygen atoms in total. The van der Waals surface area contributed by atoms with Crippen molar-refractivity contribution < 1.29 is 15.0 Å². The van der Waals surface area contributed by atoms with Crippen LogP contribution in [0, 0.1) is 0 Å². The summed E-state index contributed by atoms with van der Waals surface area (Å²) in [4.78, 5) is 11.8. The molecule has 0 unspecified atom stereocenters. The number of carboxylic acid groups (broad SMARTS) is 1. The Hall–Kier alpha value is -1.37. The van der Waals surface area contributed by atoms with E-state index >= 15 is 0 Å². The number of aromatic hydroxyl groups is 1. The minimum atomic E-state index is -1.18. The third-order valence-electron chi connectivity index (χ3n) is 2.55. The molecule has 18 heavy (non-hydrogen) atoms. The normalized spacial score (nSPS) is 12.3. The van der Waals surface area contributed by atoms with Crippen molar-refractivity contribution in [2.45, 2.75) is 6.04 Å². The lowest BCUT2D eigenvalue weighted by molar-refractivity contribution is 0.0693. The van der Waals surface area contributed by atoms with E-state index in [9.17, 15) is 9.90 Å². The SMILES string of the molecule is N[C@H](c1cccs1)c1c(Br)ccc(C(=O)O)c1O. The zero-order chi connectivity index (χ0) is 13.3. The topological polar surface area (TPSA) is 83.6 Å². The number of hydrogen-bond donors (Lipinski definition) is 3. The smallest absolute Gasteiger partial charge is 0.339 e. The number of carbonyl (C=O) groups is 1. The summed E-state index contributed by atoms with van der Waals surface area (Å²) < 4.78 is 0.589. The molecule has 0 amide bonds. The highest BCUT2D eigenvalue weighted by Crippen LogP contribution is 2.37. The maximum absolute atomic E-state index is 11.0. The number of halogens is 1. The van der Waals surface area contributed by atoms with Gasteiger partial charge in [0.05, 0.1) is 6.04 Å². The fourth-order valence-electron chi connectivity index (χ4n) is 1.66. The highest BCUT2D eigenvalue weighted by molar-refractivity contribution is 9.10. The van der Waals surface area contributed by atoms with Crippen LogP contribution in [0.5, 0.6) is 5.75 Å². The number of phenols is 1. The Bertz CT molecular complexity index is 583. The first-order valence-electron chi connectivity index (χ1n) is 5.06. The molecule has 1 aromatic carbocycles. The van der Waals surface area contributed by atoms with E-state index in [1.54, 1.807) is 6.07 Å². The minimum Gasteiger partial charge on any atom is -0.507 e. The molecular weight excluding hydrogens is 318 g/mol. The van der Waals surface area contributed by atoms with Crippen molar-refractivity contribution in [1.82, 2.24) is 0 Å². The molecule has 1 atom stereocenters. The summed E-state index contributed by atoms with van der Waals surface area (Å²) in [7, 11) is 0. The van der Waals surface area contributed by atoms with Crippen LogP contribution in [-0.2, 0) is 0 Å². The lowest BCUT2D eigenvalue weighted by Crippen LogP contribution is -2.12. The lowest BCUT2D eigenvalue weighted by atomic mass is 10.0. The average Bonchev–Trinajstić information content (AvgIpc) is 2.81. The fraction of sp³-hybridized carbons (Fsp3) is 0.0833. The van der Waals surface area contributed by atoms with E-state index in [0.29, 0.717) is 10.0 Å². The van der Waals surface area contributed by atoms with Gasteiger partial charge in [-0.2, -0.15) is 0 Å². The van der Waals surface area contributed by atoms with Gasteiger partial charge in [-0.05, 0) is 23.6 Å². The average molecular weight is 328 g/mol. The Kier molecular flexibility index (Phi) is 3.70. The highest BCUT2D eigenvalue weighted by atomic mass is 79.9.